The van der Waals surface area contributed by atoms with Crippen LogP contribution in [0.1, 0.15) is 5.56 Å². The zero-order chi connectivity index (χ0) is 13.9. The quantitative estimate of drug-likeness (QED) is 0.802. The summed E-state index contributed by atoms with van der Waals surface area (Å²) in [7, 11) is 1.61. The van der Waals surface area contributed by atoms with Crippen molar-refractivity contribution in [3.63, 3.8) is 0 Å². The van der Waals surface area contributed by atoms with E-state index in [1.165, 1.54) is 11.3 Å². The molecule has 2 heterocycles. The summed E-state index contributed by atoms with van der Waals surface area (Å²) in [6, 6.07) is 7.69. The number of benzene rings is 1. The van der Waals surface area contributed by atoms with Gasteiger partial charge in [-0.25, -0.2) is 4.98 Å². The Bertz CT molecular complexity index is 735. The fraction of sp³-hybridized carbons (Fsp3) is 0.143. The number of nitrogens with zero attached hydrogens (tertiary/aromatic N) is 1. The van der Waals surface area contributed by atoms with Crippen LogP contribution in [0.5, 0.6) is 5.75 Å². The molecule has 0 bridgehead atoms. The van der Waals surface area contributed by atoms with E-state index >= 15 is 0 Å². The monoisotopic (exact) mass is 304 g/mol. The van der Waals surface area contributed by atoms with Crippen molar-refractivity contribution in [3.8, 4) is 5.75 Å². The largest absolute Gasteiger partial charge is 0.494 e. The number of anilines is 1. The van der Waals surface area contributed by atoms with Crippen LogP contribution in [0.2, 0.25) is 0 Å². The molecule has 6 heteroatoms. The number of rotatable bonds is 4. The molecule has 1 N–H and O–H groups in total. The third-order valence-electron chi connectivity index (χ3n) is 2.79. The fourth-order valence-electron chi connectivity index (χ4n) is 1.88. The van der Waals surface area contributed by atoms with Crippen LogP contribution in [0.4, 0.5) is 5.13 Å². The van der Waals surface area contributed by atoms with E-state index in [2.05, 4.69) is 10.3 Å². The number of carbonyl (C=O) groups excluding carboxylic acids is 1. The molecule has 0 radical (unpaired) electrons. The molecule has 20 heavy (non-hydrogen) atoms. The number of carbonyl (C=O) groups is 1. The molecule has 0 saturated carbocycles. The van der Waals surface area contributed by atoms with Gasteiger partial charge in [0.15, 0.2) is 5.13 Å². The molecule has 1 aromatic carbocycles. The van der Waals surface area contributed by atoms with E-state index in [1.807, 2.05) is 35.0 Å². The number of para-hydroxylation sites is 1. The number of ether oxygens (including phenoxy) is 1. The Morgan fingerprint density at radius 1 is 1.40 bits per heavy atom. The maximum absolute atomic E-state index is 11.9. The molecule has 0 spiro atoms. The first-order valence-corrected chi connectivity index (χ1v) is 7.76. The maximum atomic E-state index is 11.9. The summed E-state index contributed by atoms with van der Waals surface area (Å²) < 4.78 is 6.26. The van der Waals surface area contributed by atoms with E-state index < -0.39 is 0 Å². The molecule has 102 valence electrons. The molecule has 0 fully saturated rings. The first-order valence-electron chi connectivity index (χ1n) is 6.01. The van der Waals surface area contributed by atoms with Crippen molar-refractivity contribution >= 4 is 43.9 Å². The minimum Gasteiger partial charge on any atom is -0.494 e. The smallest absolute Gasteiger partial charge is 0.230 e. The first-order chi connectivity index (χ1) is 9.76. The lowest BCUT2D eigenvalue weighted by atomic mass is 10.2. The van der Waals surface area contributed by atoms with E-state index in [1.54, 1.807) is 18.4 Å². The number of thiazole rings is 1. The van der Waals surface area contributed by atoms with Crippen LogP contribution in [0, 0.1) is 0 Å². The molecule has 0 unspecified atom stereocenters. The van der Waals surface area contributed by atoms with E-state index in [0.29, 0.717) is 11.6 Å². The van der Waals surface area contributed by atoms with Crippen LogP contribution >= 0.6 is 22.7 Å². The van der Waals surface area contributed by atoms with Crippen LogP contribution in [0.25, 0.3) is 10.2 Å². The minimum absolute atomic E-state index is 0.0542. The van der Waals surface area contributed by atoms with Crippen molar-refractivity contribution in [1.82, 2.24) is 4.98 Å². The number of aromatic nitrogens is 1. The Kier molecular flexibility index (Phi) is 3.66. The van der Waals surface area contributed by atoms with Crippen molar-refractivity contribution < 1.29 is 9.53 Å². The van der Waals surface area contributed by atoms with Gasteiger partial charge < -0.3 is 10.1 Å². The van der Waals surface area contributed by atoms with Gasteiger partial charge in [-0.15, -0.1) is 0 Å². The first kappa shape index (κ1) is 13.1. The third-order valence-corrected chi connectivity index (χ3v) is 4.46. The lowest BCUT2D eigenvalue weighted by molar-refractivity contribution is -0.115. The van der Waals surface area contributed by atoms with Crippen LogP contribution in [-0.4, -0.2) is 18.0 Å². The highest BCUT2D eigenvalue weighted by Crippen LogP contribution is 2.32. The topological polar surface area (TPSA) is 51.2 Å². The summed E-state index contributed by atoms with van der Waals surface area (Å²) >= 11 is 3.03. The number of hydrogen-bond donors (Lipinski definition) is 1. The van der Waals surface area contributed by atoms with E-state index in [0.717, 1.165) is 21.5 Å². The van der Waals surface area contributed by atoms with Crippen LogP contribution in [0.15, 0.2) is 35.0 Å². The van der Waals surface area contributed by atoms with Crippen LogP contribution in [-0.2, 0) is 11.2 Å². The second kappa shape index (κ2) is 5.60. The standard InChI is InChI=1S/C14H12N2O2S2/c1-18-10-3-2-4-11-13(10)16-14(20-11)15-12(17)7-9-5-6-19-8-9/h2-6,8H,7H2,1H3,(H,15,16,17). The molecule has 3 rings (SSSR count). The second-order valence-corrected chi connectivity index (χ2v) is 5.99. The van der Waals surface area contributed by atoms with E-state index in [4.69, 9.17) is 4.74 Å². The predicted molar refractivity (Wildman–Crippen MR) is 82.8 cm³/mol. The average Bonchev–Trinajstić information content (AvgIpc) is 3.06. The zero-order valence-corrected chi connectivity index (χ0v) is 12.4. The van der Waals surface area contributed by atoms with Crippen molar-refractivity contribution in [2.75, 3.05) is 12.4 Å². The summed E-state index contributed by atoms with van der Waals surface area (Å²) in [5, 5.41) is 7.38. The Labute approximate surface area is 124 Å². The lowest BCUT2D eigenvalue weighted by Crippen LogP contribution is -2.13. The molecule has 0 aliphatic rings. The third kappa shape index (κ3) is 2.66. The van der Waals surface area contributed by atoms with Crippen molar-refractivity contribution in [3.05, 3.63) is 40.6 Å². The SMILES string of the molecule is COc1cccc2sc(NC(=O)Cc3ccsc3)nc12. The average molecular weight is 304 g/mol. The van der Waals surface area contributed by atoms with Crippen molar-refractivity contribution in [1.29, 1.82) is 0 Å². The molecule has 3 aromatic rings. The number of thiophene rings is 1. The van der Waals surface area contributed by atoms with Gasteiger partial charge in [0, 0.05) is 0 Å². The molecular weight excluding hydrogens is 292 g/mol. The van der Waals surface area contributed by atoms with Gasteiger partial charge in [-0.2, -0.15) is 11.3 Å². The molecule has 0 aliphatic heterocycles. The second-order valence-electron chi connectivity index (χ2n) is 4.18. The Morgan fingerprint density at radius 2 is 2.30 bits per heavy atom. The van der Waals surface area contributed by atoms with Gasteiger partial charge in [0.05, 0.1) is 18.2 Å². The summed E-state index contributed by atoms with van der Waals surface area (Å²) in [5.74, 6) is 0.665. The minimum atomic E-state index is -0.0542. The van der Waals surface area contributed by atoms with Gasteiger partial charge in [-0.05, 0) is 34.5 Å². The van der Waals surface area contributed by atoms with E-state index in [-0.39, 0.29) is 5.91 Å². The summed E-state index contributed by atoms with van der Waals surface area (Å²) in [5.41, 5.74) is 1.80. The van der Waals surface area contributed by atoms with Gasteiger partial charge in [0.25, 0.3) is 0 Å². The maximum Gasteiger partial charge on any atom is 0.230 e. The van der Waals surface area contributed by atoms with Gasteiger partial charge in [-0.1, -0.05) is 17.4 Å². The molecule has 2 aromatic heterocycles. The lowest BCUT2D eigenvalue weighted by Gasteiger charge is -1.99. The van der Waals surface area contributed by atoms with Crippen LogP contribution in [0.3, 0.4) is 0 Å². The summed E-state index contributed by atoms with van der Waals surface area (Å²) in [6.45, 7) is 0. The van der Waals surface area contributed by atoms with Gasteiger partial charge in [-0.3, -0.25) is 4.79 Å². The number of nitrogens with one attached hydrogen (secondary N) is 1. The molecule has 1 amide bonds. The molecule has 0 aliphatic carbocycles. The Hall–Kier alpha value is -1.92. The van der Waals surface area contributed by atoms with Crippen LogP contribution < -0.4 is 10.1 Å². The predicted octanol–water partition coefficient (Wildman–Crippen LogP) is 3.55. The van der Waals surface area contributed by atoms with E-state index in [9.17, 15) is 4.79 Å². The fourth-order valence-corrected chi connectivity index (χ4v) is 3.45. The highest BCUT2D eigenvalue weighted by molar-refractivity contribution is 7.22. The number of hydrogen-bond acceptors (Lipinski definition) is 5. The number of amides is 1. The number of methoxy groups -OCH3 is 1. The van der Waals surface area contributed by atoms with Crippen molar-refractivity contribution in [2.45, 2.75) is 6.42 Å². The molecule has 0 atom stereocenters. The van der Waals surface area contributed by atoms with Gasteiger partial charge in [0.2, 0.25) is 5.91 Å². The molecule has 0 saturated heterocycles. The van der Waals surface area contributed by atoms with Gasteiger partial charge >= 0.3 is 0 Å². The zero-order valence-electron chi connectivity index (χ0n) is 10.8. The highest BCUT2D eigenvalue weighted by Gasteiger charge is 2.11. The number of fused-ring (bicyclic) bond motifs is 1. The highest BCUT2D eigenvalue weighted by atomic mass is 32.1. The Balaban J connectivity index is 1.79. The molecule has 4 nitrogen and oxygen atoms in total. The summed E-state index contributed by atoms with van der Waals surface area (Å²) in [4.78, 5) is 16.4. The van der Waals surface area contributed by atoms with Crippen molar-refractivity contribution in [2.24, 2.45) is 0 Å². The normalized spacial score (nSPS) is 10.7. The van der Waals surface area contributed by atoms with Gasteiger partial charge in [0.1, 0.15) is 11.3 Å². The Morgan fingerprint density at radius 3 is 3.05 bits per heavy atom. The summed E-state index contributed by atoms with van der Waals surface area (Å²) in [6.07, 6.45) is 0.372. The molecular formula is C14H12N2O2S2.